The Kier molecular flexibility index (Phi) is 8.01. The van der Waals surface area contributed by atoms with Gasteiger partial charge in [0.05, 0.1) is 19.8 Å². The molecule has 0 unspecified atom stereocenters. The van der Waals surface area contributed by atoms with Crippen molar-refractivity contribution in [1.29, 1.82) is 0 Å². The molecule has 2 fully saturated rings. The van der Waals surface area contributed by atoms with E-state index >= 15 is 0 Å². The number of carbonyl (C=O) groups excluding carboxylic acids is 1. The molecule has 1 aromatic heterocycles. The first kappa shape index (κ1) is 22.6. The van der Waals surface area contributed by atoms with Crippen molar-refractivity contribution in [3.05, 3.63) is 36.0 Å². The van der Waals surface area contributed by atoms with Crippen LogP contribution in [0.25, 0.3) is 10.9 Å². The van der Waals surface area contributed by atoms with E-state index in [-0.39, 0.29) is 5.91 Å². The number of H-pyrrole nitrogens is 1. The first-order valence-corrected chi connectivity index (χ1v) is 11.9. The van der Waals surface area contributed by atoms with Crippen LogP contribution >= 0.6 is 0 Å². The minimum atomic E-state index is 0.222. The second-order valence-corrected chi connectivity index (χ2v) is 8.46. The van der Waals surface area contributed by atoms with Crippen molar-refractivity contribution in [2.24, 2.45) is 4.99 Å². The SMILES string of the molecule is CCNC(=NCCCc1c[nH]c2ccccc12)N1CCN(CC(=O)N2CCOCC2)CC1. The molecule has 8 heteroatoms. The van der Waals surface area contributed by atoms with Crippen LogP contribution in [0.3, 0.4) is 0 Å². The van der Waals surface area contributed by atoms with Crippen LogP contribution in [0.1, 0.15) is 18.9 Å². The van der Waals surface area contributed by atoms with Gasteiger partial charge in [-0.2, -0.15) is 0 Å². The number of nitrogens with one attached hydrogen (secondary N) is 2. The summed E-state index contributed by atoms with van der Waals surface area (Å²) >= 11 is 0. The molecule has 2 saturated heterocycles. The molecule has 0 bridgehead atoms. The number of ether oxygens (including phenoxy) is 1. The third-order valence-corrected chi connectivity index (χ3v) is 6.27. The first-order valence-electron chi connectivity index (χ1n) is 11.9. The van der Waals surface area contributed by atoms with Gasteiger partial charge in [-0.25, -0.2) is 0 Å². The molecule has 174 valence electrons. The molecular weight excluding hydrogens is 404 g/mol. The van der Waals surface area contributed by atoms with Gasteiger partial charge >= 0.3 is 0 Å². The summed E-state index contributed by atoms with van der Waals surface area (Å²) in [7, 11) is 0. The van der Waals surface area contributed by atoms with E-state index < -0.39 is 0 Å². The fourth-order valence-corrected chi connectivity index (χ4v) is 4.44. The van der Waals surface area contributed by atoms with Crippen LogP contribution in [0.2, 0.25) is 0 Å². The molecule has 3 heterocycles. The predicted octanol–water partition coefficient (Wildman–Crippen LogP) is 1.54. The number of carbonyl (C=O) groups is 1. The number of rotatable bonds is 7. The predicted molar refractivity (Wildman–Crippen MR) is 128 cm³/mol. The quantitative estimate of drug-likeness (QED) is 0.388. The zero-order valence-electron chi connectivity index (χ0n) is 19.2. The molecule has 8 nitrogen and oxygen atoms in total. The lowest BCUT2D eigenvalue weighted by Crippen LogP contribution is -2.54. The van der Waals surface area contributed by atoms with Crippen LogP contribution in [0.15, 0.2) is 35.5 Å². The Labute approximate surface area is 190 Å². The van der Waals surface area contributed by atoms with Gasteiger partial charge in [0.25, 0.3) is 0 Å². The number of morpholine rings is 1. The lowest BCUT2D eigenvalue weighted by Gasteiger charge is -2.37. The number of aromatic amines is 1. The van der Waals surface area contributed by atoms with Gasteiger partial charge in [0, 0.05) is 69.5 Å². The van der Waals surface area contributed by atoms with E-state index in [4.69, 9.17) is 9.73 Å². The van der Waals surface area contributed by atoms with E-state index in [9.17, 15) is 4.79 Å². The smallest absolute Gasteiger partial charge is 0.236 e. The van der Waals surface area contributed by atoms with Crippen molar-refractivity contribution in [2.75, 3.05) is 72.1 Å². The number of guanidine groups is 1. The largest absolute Gasteiger partial charge is 0.378 e. The average Bonchev–Trinajstić information content (AvgIpc) is 3.25. The summed E-state index contributed by atoms with van der Waals surface area (Å²) in [4.78, 5) is 27.3. The Bertz CT molecular complexity index is 897. The maximum atomic E-state index is 12.5. The highest BCUT2D eigenvalue weighted by Gasteiger charge is 2.24. The van der Waals surface area contributed by atoms with E-state index in [1.54, 1.807) is 0 Å². The van der Waals surface area contributed by atoms with E-state index in [1.165, 1.54) is 16.5 Å². The molecule has 0 radical (unpaired) electrons. The molecule has 1 aromatic carbocycles. The Hall–Kier alpha value is -2.58. The summed E-state index contributed by atoms with van der Waals surface area (Å²) in [5.74, 6) is 1.21. The molecular formula is C24H36N6O2. The van der Waals surface area contributed by atoms with Gasteiger partial charge in [-0.05, 0) is 31.4 Å². The van der Waals surface area contributed by atoms with Crippen LogP contribution in [0.5, 0.6) is 0 Å². The van der Waals surface area contributed by atoms with Crippen molar-refractivity contribution in [2.45, 2.75) is 19.8 Å². The number of piperazine rings is 1. The average molecular weight is 441 g/mol. The van der Waals surface area contributed by atoms with Crippen LogP contribution in [0.4, 0.5) is 0 Å². The van der Waals surface area contributed by atoms with Gasteiger partial charge in [0.1, 0.15) is 0 Å². The second-order valence-electron chi connectivity index (χ2n) is 8.46. The van der Waals surface area contributed by atoms with Gasteiger partial charge in [-0.3, -0.25) is 14.7 Å². The number of aromatic nitrogens is 1. The summed E-state index contributed by atoms with van der Waals surface area (Å²) in [6, 6.07) is 8.45. The number of aryl methyl sites for hydroxylation is 1. The van der Waals surface area contributed by atoms with Gasteiger partial charge in [0.15, 0.2) is 5.96 Å². The number of amides is 1. The summed E-state index contributed by atoms with van der Waals surface area (Å²) in [5.41, 5.74) is 2.56. The lowest BCUT2D eigenvalue weighted by molar-refractivity contribution is -0.136. The van der Waals surface area contributed by atoms with E-state index in [0.29, 0.717) is 32.8 Å². The highest BCUT2D eigenvalue weighted by molar-refractivity contribution is 5.83. The summed E-state index contributed by atoms with van der Waals surface area (Å²) < 4.78 is 5.35. The van der Waals surface area contributed by atoms with Crippen molar-refractivity contribution in [3.63, 3.8) is 0 Å². The summed E-state index contributed by atoms with van der Waals surface area (Å²) in [5, 5.41) is 4.76. The fourth-order valence-electron chi connectivity index (χ4n) is 4.44. The zero-order chi connectivity index (χ0) is 22.2. The highest BCUT2D eigenvalue weighted by atomic mass is 16.5. The number of hydrogen-bond donors (Lipinski definition) is 2. The topological polar surface area (TPSA) is 76.2 Å². The molecule has 0 spiro atoms. The van der Waals surface area contributed by atoms with Crippen molar-refractivity contribution >= 4 is 22.8 Å². The number of benzene rings is 1. The standard InChI is InChI=1S/C24H36N6O2/c1-2-25-24(26-9-5-6-20-18-27-22-8-4-3-7-21(20)22)30-12-10-28(11-13-30)19-23(31)29-14-16-32-17-15-29/h3-4,7-8,18,27H,2,5-6,9-17,19H2,1H3,(H,25,26). The van der Waals surface area contributed by atoms with E-state index in [2.05, 4.69) is 57.5 Å². The Morgan fingerprint density at radius 1 is 1.09 bits per heavy atom. The minimum Gasteiger partial charge on any atom is -0.378 e. The van der Waals surface area contributed by atoms with Gasteiger partial charge < -0.3 is 24.8 Å². The fraction of sp³-hybridized carbons (Fsp3) is 0.583. The molecule has 2 aliphatic rings. The molecule has 0 saturated carbocycles. The van der Waals surface area contributed by atoms with E-state index in [0.717, 1.165) is 58.1 Å². The monoisotopic (exact) mass is 440 g/mol. The Morgan fingerprint density at radius 3 is 2.66 bits per heavy atom. The molecule has 2 N–H and O–H groups in total. The van der Waals surface area contributed by atoms with E-state index in [1.807, 2.05) is 4.90 Å². The third-order valence-electron chi connectivity index (χ3n) is 6.27. The second kappa shape index (κ2) is 11.3. The minimum absolute atomic E-state index is 0.222. The van der Waals surface area contributed by atoms with Crippen LogP contribution < -0.4 is 5.32 Å². The Morgan fingerprint density at radius 2 is 1.88 bits per heavy atom. The number of para-hydroxylation sites is 1. The molecule has 0 aliphatic carbocycles. The number of nitrogens with zero attached hydrogens (tertiary/aromatic N) is 4. The number of fused-ring (bicyclic) bond motifs is 1. The zero-order valence-corrected chi connectivity index (χ0v) is 19.2. The summed E-state index contributed by atoms with van der Waals surface area (Å²) in [6.07, 6.45) is 4.16. The highest BCUT2D eigenvalue weighted by Crippen LogP contribution is 2.19. The number of hydrogen-bond acceptors (Lipinski definition) is 4. The molecule has 32 heavy (non-hydrogen) atoms. The first-order chi connectivity index (χ1) is 15.7. The van der Waals surface area contributed by atoms with Crippen LogP contribution in [-0.2, 0) is 16.0 Å². The van der Waals surface area contributed by atoms with Crippen molar-refractivity contribution in [3.8, 4) is 0 Å². The summed E-state index contributed by atoms with van der Waals surface area (Å²) in [6.45, 7) is 10.6. The third kappa shape index (κ3) is 5.81. The van der Waals surface area contributed by atoms with Crippen molar-refractivity contribution < 1.29 is 9.53 Å². The molecule has 4 rings (SSSR count). The van der Waals surface area contributed by atoms with Crippen LogP contribution in [0, 0.1) is 0 Å². The molecule has 1 amide bonds. The molecule has 2 aromatic rings. The normalized spacial score (nSPS) is 18.3. The van der Waals surface area contributed by atoms with Gasteiger partial charge in [0.2, 0.25) is 5.91 Å². The van der Waals surface area contributed by atoms with Gasteiger partial charge in [-0.1, -0.05) is 18.2 Å². The molecule has 0 atom stereocenters. The molecule has 2 aliphatic heterocycles. The maximum absolute atomic E-state index is 12.5. The Balaban J connectivity index is 1.23. The van der Waals surface area contributed by atoms with Gasteiger partial charge in [-0.15, -0.1) is 0 Å². The maximum Gasteiger partial charge on any atom is 0.236 e. The van der Waals surface area contributed by atoms with Crippen LogP contribution in [-0.4, -0.2) is 104 Å². The van der Waals surface area contributed by atoms with Crippen molar-refractivity contribution in [1.82, 2.24) is 25.0 Å². The lowest BCUT2D eigenvalue weighted by atomic mass is 10.1. The number of aliphatic imine (C=N–C) groups is 1.